The number of carbonyl (C=O) groups is 1. The monoisotopic (exact) mass is 320 g/mol. The maximum atomic E-state index is 12.3. The molecular weight excluding hydrogens is 300 g/mol. The van der Waals surface area contributed by atoms with Crippen molar-refractivity contribution in [3.63, 3.8) is 0 Å². The second-order valence-electron chi connectivity index (χ2n) is 5.18. The molecule has 1 amide bonds. The van der Waals surface area contributed by atoms with Crippen LogP contribution in [0.5, 0.6) is 0 Å². The van der Waals surface area contributed by atoms with Crippen LogP contribution in [0.25, 0.3) is 5.69 Å². The van der Waals surface area contributed by atoms with Crippen molar-refractivity contribution in [1.29, 1.82) is 0 Å². The molecule has 1 aromatic carbocycles. The van der Waals surface area contributed by atoms with Crippen molar-refractivity contribution >= 4 is 17.5 Å². The maximum Gasteiger partial charge on any atom is 0.254 e. The molecule has 6 heteroatoms. The van der Waals surface area contributed by atoms with Gasteiger partial charge in [-0.3, -0.25) is 4.79 Å². The molecule has 2 rings (SSSR count). The van der Waals surface area contributed by atoms with Crippen LogP contribution in [-0.4, -0.2) is 34.8 Å². The third-order valence-corrected chi connectivity index (χ3v) is 3.78. The summed E-state index contributed by atoms with van der Waals surface area (Å²) in [5.74, 6) is -0.124. The largest absolute Gasteiger partial charge is 0.350 e. The van der Waals surface area contributed by atoms with Gasteiger partial charge in [-0.2, -0.15) is 5.10 Å². The minimum Gasteiger partial charge on any atom is -0.350 e. The van der Waals surface area contributed by atoms with Gasteiger partial charge in [0.1, 0.15) is 0 Å². The number of benzene rings is 1. The van der Waals surface area contributed by atoms with E-state index in [2.05, 4.69) is 15.7 Å². The number of nitrogens with one attached hydrogen (secondary N) is 2. The summed E-state index contributed by atoms with van der Waals surface area (Å²) in [7, 11) is 0. The van der Waals surface area contributed by atoms with Crippen molar-refractivity contribution in [2.75, 3.05) is 13.1 Å². The van der Waals surface area contributed by atoms with E-state index in [1.54, 1.807) is 16.9 Å². The van der Waals surface area contributed by atoms with Gasteiger partial charge in [-0.05, 0) is 32.5 Å². The fourth-order valence-electron chi connectivity index (χ4n) is 2.26. The summed E-state index contributed by atoms with van der Waals surface area (Å²) in [5, 5.41) is 11.1. The zero-order chi connectivity index (χ0) is 16.1. The van der Waals surface area contributed by atoms with E-state index in [1.165, 1.54) is 0 Å². The average Bonchev–Trinajstić information content (AvgIpc) is 2.87. The SMILES string of the molecule is CCN[C@H](C)CNC(=O)c1cnn(-c2ccccc2Cl)c1C. The molecule has 0 saturated heterocycles. The van der Waals surface area contributed by atoms with E-state index in [4.69, 9.17) is 11.6 Å². The highest BCUT2D eigenvalue weighted by Crippen LogP contribution is 2.21. The molecule has 0 aliphatic heterocycles. The Morgan fingerprint density at radius 3 is 2.82 bits per heavy atom. The number of hydrogen-bond donors (Lipinski definition) is 2. The van der Waals surface area contributed by atoms with Crippen LogP contribution in [0.1, 0.15) is 29.9 Å². The van der Waals surface area contributed by atoms with Crippen LogP contribution in [0.4, 0.5) is 0 Å². The van der Waals surface area contributed by atoms with Gasteiger partial charge >= 0.3 is 0 Å². The van der Waals surface area contributed by atoms with E-state index >= 15 is 0 Å². The van der Waals surface area contributed by atoms with Crippen LogP contribution < -0.4 is 10.6 Å². The van der Waals surface area contributed by atoms with E-state index in [9.17, 15) is 4.79 Å². The summed E-state index contributed by atoms with van der Waals surface area (Å²) in [6, 6.07) is 7.65. The summed E-state index contributed by atoms with van der Waals surface area (Å²) >= 11 is 6.19. The van der Waals surface area contributed by atoms with E-state index in [1.807, 2.05) is 39.0 Å². The topological polar surface area (TPSA) is 58.9 Å². The van der Waals surface area contributed by atoms with Gasteiger partial charge in [-0.1, -0.05) is 30.7 Å². The lowest BCUT2D eigenvalue weighted by molar-refractivity contribution is 0.0949. The van der Waals surface area contributed by atoms with Crippen molar-refractivity contribution in [2.24, 2.45) is 0 Å². The molecule has 1 heterocycles. The standard InChI is InChI=1S/C16H21ClN4O/c1-4-18-11(2)9-19-16(22)13-10-20-21(12(13)3)15-8-6-5-7-14(15)17/h5-8,10-11,18H,4,9H2,1-3H3,(H,19,22)/t11-/m1/s1. The molecule has 2 aromatic rings. The first-order valence-electron chi connectivity index (χ1n) is 7.35. The smallest absolute Gasteiger partial charge is 0.254 e. The zero-order valence-electron chi connectivity index (χ0n) is 13.1. The summed E-state index contributed by atoms with van der Waals surface area (Å²) in [6.45, 7) is 7.38. The Kier molecular flexibility index (Phi) is 5.57. The fourth-order valence-corrected chi connectivity index (χ4v) is 2.48. The first-order valence-corrected chi connectivity index (χ1v) is 7.73. The van der Waals surface area contributed by atoms with Crippen LogP contribution in [0, 0.1) is 6.92 Å². The van der Waals surface area contributed by atoms with E-state index in [0.29, 0.717) is 17.1 Å². The average molecular weight is 321 g/mol. The fraction of sp³-hybridized carbons (Fsp3) is 0.375. The van der Waals surface area contributed by atoms with Gasteiger partial charge in [-0.15, -0.1) is 0 Å². The molecule has 1 atom stereocenters. The summed E-state index contributed by atoms with van der Waals surface area (Å²) in [5.41, 5.74) is 2.09. The van der Waals surface area contributed by atoms with Crippen molar-refractivity contribution in [3.8, 4) is 5.69 Å². The lowest BCUT2D eigenvalue weighted by atomic mass is 10.2. The van der Waals surface area contributed by atoms with Crippen molar-refractivity contribution in [3.05, 3.63) is 46.7 Å². The molecule has 0 fully saturated rings. The number of amides is 1. The number of hydrogen-bond acceptors (Lipinski definition) is 3. The highest BCUT2D eigenvalue weighted by atomic mass is 35.5. The number of nitrogens with zero attached hydrogens (tertiary/aromatic N) is 2. The van der Waals surface area contributed by atoms with Gasteiger partial charge in [0.25, 0.3) is 5.91 Å². The van der Waals surface area contributed by atoms with Crippen LogP contribution in [0.3, 0.4) is 0 Å². The minimum atomic E-state index is -0.124. The van der Waals surface area contributed by atoms with Gasteiger partial charge in [-0.25, -0.2) is 4.68 Å². The van der Waals surface area contributed by atoms with Gasteiger partial charge in [0.2, 0.25) is 0 Å². The molecule has 0 aliphatic carbocycles. The Hall–Kier alpha value is -1.85. The van der Waals surface area contributed by atoms with E-state index < -0.39 is 0 Å². The maximum absolute atomic E-state index is 12.3. The Bertz CT molecular complexity index is 653. The molecule has 5 nitrogen and oxygen atoms in total. The quantitative estimate of drug-likeness (QED) is 0.860. The predicted octanol–water partition coefficient (Wildman–Crippen LogP) is 2.56. The van der Waals surface area contributed by atoms with Crippen molar-refractivity contribution < 1.29 is 4.79 Å². The van der Waals surface area contributed by atoms with E-state index in [0.717, 1.165) is 17.9 Å². The number of likely N-dealkylation sites (N-methyl/N-ethyl adjacent to an activating group) is 1. The van der Waals surface area contributed by atoms with Gasteiger partial charge in [0, 0.05) is 12.6 Å². The summed E-state index contributed by atoms with van der Waals surface area (Å²) < 4.78 is 1.69. The minimum absolute atomic E-state index is 0.124. The third kappa shape index (κ3) is 3.67. The van der Waals surface area contributed by atoms with Crippen LogP contribution >= 0.6 is 11.6 Å². The van der Waals surface area contributed by atoms with Gasteiger partial charge < -0.3 is 10.6 Å². The number of para-hydroxylation sites is 1. The molecule has 0 bridgehead atoms. The predicted molar refractivity (Wildman–Crippen MR) is 88.8 cm³/mol. The van der Waals surface area contributed by atoms with Crippen LogP contribution in [0.2, 0.25) is 5.02 Å². The molecule has 2 N–H and O–H groups in total. The molecular formula is C16H21ClN4O. The zero-order valence-corrected chi connectivity index (χ0v) is 13.8. The second kappa shape index (κ2) is 7.42. The molecule has 0 saturated carbocycles. The molecule has 0 spiro atoms. The second-order valence-corrected chi connectivity index (χ2v) is 5.58. The highest BCUT2D eigenvalue weighted by Gasteiger charge is 2.16. The molecule has 22 heavy (non-hydrogen) atoms. The number of halogens is 1. The first kappa shape index (κ1) is 16.5. The normalized spacial score (nSPS) is 12.2. The highest BCUT2D eigenvalue weighted by molar-refractivity contribution is 6.32. The Morgan fingerprint density at radius 1 is 1.41 bits per heavy atom. The van der Waals surface area contributed by atoms with Crippen molar-refractivity contribution in [2.45, 2.75) is 26.8 Å². The summed E-state index contributed by atoms with van der Waals surface area (Å²) in [6.07, 6.45) is 1.58. The third-order valence-electron chi connectivity index (χ3n) is 3.46. The number of rotatable bonds is 6. The molecule has 1 aromatic heterocycles. The van der Waals surface area contributed by atoms with Crippen LogP contribution in [0.15, 0.2) is 30.5 Å². The Morgan fingerprint density at radius 2 is 2.14 bits per heavy atom. The molecule has 0 aliphatic rings. The van der Waals surface area contributed by atoms with E-state index in [-0.39, 0.29) is 11.9 Å². The first-order chi connectivity index (χ1) is 10.5. The van der Waals surface area contributed by atoms with Gasteiger partial charge in [0.15, 0.2) is 0 Å². The number of aromatic nitrogens is 2. The van der Waals surface area contributed by atoms with Crippen molar-refractivity contribution in [1.82, 2.24) is 20.4 Å². The van der Waals surface area contributed by atoms with Gasteiger partial charge in [0.05, 0.1) is 28.2 Å². The molecule has 0 unspecified atom stereocenters. The lowest BCUT2D eigenvalue weighted by Crippen LogP contribution is -2.38. The Balaban J connectivity index is 2.14. The molecule has 0 radical (unpaired) electrons. The molecule has 118 valence electrons. The number of carbonyl (C=O) groups excluding carboxylic acids is 1. The van der Waals surface area contributed by atoms with Crippen LogP contribution in [-0.2, 0) is 0 Å². The lowest BCUT2D eigenvalue weighted by Gasteiger charge is -2.13. The Labute approximate surface area is 135 Å². The summed E-state index contributed by atoms with van der Waals surface area (Å²) in [4.78, 5) is 12.3.